The SMILES string of the molecule is COC(=O)/C=C1/C(C(=O)OC)=NOc2ccc(F)cc21. The fourth-order valence-electron chi connectivity index (χ4n) is 1.63. The Morgan fingerprint density at radius 1 is 1.30 bits per heavy atom. The van der Waals surface area contributed by atoms with Crippen LogP contribution in [0.25, 0.3) is 5.57 Å². The van der Waals surface area contributed by atoms with E-state index < -0.39 is 17.8 Å². The van der Waals surface area contributed by atoms with Gasteiger partial charge < -0.3 is 14.3 Å². The number of ether oxygens (including phenoxy) is 2. The maximum atomic E-state index is 13.3. The number of hydrogen-bond donors (Lipinski definition) is 0. The monoisotopic (exact) mass is 279 g/mol. The summed E-state index contributed by atoms with van der Waals surface area (Å²) in [6.07, 6.45) is 1.02. The minimum absolute atomic E-state index is 0.0736. The fraction of sp³-hybridized carbons (Fsp3) is 0.154. The van der Waals surface area contributed by atoms with E-state index in [1.54, 1.807) is 0 Å². The van der Waals surface area contributed by atoms with Gasteiger partial charge in [-0.1, -0.05) is 5.16 Å². The predicted molar refractivity (Wildman–Crippen MR) is 66.5 cm³/mol. The number of rotatable bonds is 2. The van der Waals surface area contributed by atoms with Crippen LogP contribution in [0.2, 0.25) is 0 Å². The standard InChI is InChI=1S/C13H10FNO5/c1-18-11(16)6-9-8-5-7(14)3-4-10(8)20-15-12(9)13(17)19-2/h3-6H,1-2H3/b9-6+. The molecule has 0 aromatic heterocycles. The third kappa shape index (κ3) is 2.51. The quantitative estimate of drug-likeness (QED) is 0.602. The first kappa shape index (κ1) is 13.7. The fourth-order valence-corrected chi connectivity index (χ4v) is 1.63. The van der Waals surface area contributed by atoms with E-state index in [-0.39, 0.29) is 22.6 Å². The number of benzene rings is 1. The van der Waals surface area contributed by atoms with E-state index in [0.717, 1.165) is 19.3 Å². The van der Waals surface area contributed by atoms with Crippen molar-refractivity contribution >= 4 is 23.2 Å². The number of oxime groups is 1. The van der Waals surface area contributed by atoms with Crippen LogP contribution < -0.4 is 4.84 Å². The van der Waals surface area contributed by atoms with E-state index in [1.165, 1.54) is 19.2 Å². The van der Waals surface area contributed by atoms with E-state index in [0.29, 0.717) is 0 Å². The van der Waals surface area contributed by atoms with Crippen LogP contribution >= 0.6 is 0 Å². The molecule has 1 heterocycles. The minimum Gasteiger partial charge on any atom is -0.466 e. The molecule has 1 aliphatic rings. The summed E-state index contributed by atoms with van der Waals surface area (Å²) in [5.74, 6) is -1.85. The van der Waals surface area contributed by atoms with Gasteiger partial charge >= 0.3 is 11.9 Å². The van der Waals surface area contributed by atoms with Crippen molar-refractivity contribution in [2.24, 2.45) is 5.16 Å². The van der Waals surface area contributed by atoms with Crippen LogP contribution in [-0.2, 0) is 19.1 Å². The summed E-state index contributed by atoms with van der Waals surface area (Å²) in [4.78, 5) is 28.0. The zero-order valence-electron chi connectivity index (χ0n) is 10.7. The van der Waals surface area contributed by atoms with Gasteiger partial charge in [-0.3, -0.25) is 0 Å². The molecule has 6 nitrogen and oxygen atoms in total. The van der Waals surface area contributed by atoms with Gasteiger partial charge in [0, 0.05) is 17.2 Å². The lowest BCUT2D eigenvalue weighted by Crippen LogP contribution is -2.22. The number of fused-ring (bicyclic) bond motifs is 1. The second kappa shape index (κ2) is 5.52. The van der Waals surface area contributed by atoms with Crippen LogP contribution in [0.5, 0.6) is 5.75 Å². The molecule has 7 heteroatoms. The van der Waals surface area contributed by atoms with E-state index in [2.05, 4.69) is 14.6 Å². The van der Waals surface area contributed by atoms with Crippen LogP contribution in [-0.4, -0.2) is 31.9 Å². The summed E-state index contributed by atoms with van der Waals surface area (Å²) < 4.78 is 22.4. The second-order valence-electron chi connectivity index (χ2n) is 3.74. The summed E-state index contributed by atoms with van der Waals surface area (Å²) in [6, 6.07) is 3.64. The largest absolute Gasteiger partial charge is 0.466 e. The lowest BCUT2D eigenvalue weighted by atomic mass is 9.98. The lowest BCUT2D eigenvalue weighted by molar-refractivity contribution is -0.134. The predicted octanol–water partition coefficient (Wildman–Crippen LogP) is 1.30. The van der Waals surface area contributed by atoms with Gasteiger partial charge in [0.25, 0.3) is 0 Å². The lowest BCUT2D eigenvalue weighted by Gasteiger charge is -2.17. The van der Waals surface area contributed by atoms with E-state index >= 15 is 0 Å². The van der Waals surface area contributed by atoms with Crippen molar-refractivity contribution in [2.75, 3.05) is 14.2 Å². The summed E-state index contributed by atoms with van der Waals surface area (Å²) in [7, 11) is 2.34. The van der Waals surface area contributed by atoms with Crippen molar-refractivity contribution in [1.82, 2.24) is 0 Å². The van der Waals surface area contributed by atoms with Crippen LogP contribution in [0.3, 0.4) is 0 Å². The number of methoxy groups -OCH3 is 2. The zero-order chi connectivity index (χ0) is 14.7. The van der Waals surface area contributed by atoms with Gasteiger partial charge in [-0.2, -0.15) is 0 Å². The maximum absolute atomic E-state index is 13.3. The molecule has 104 valence electrons. The smallest absolute Gasteiger partial charge is 0.360 e. The summed E-state index contributed by atoms with van der Waals surface area (Å²) in [5, 5.41) is 3.58. The zero-order valence-corrected chi connectivity index (χ0v) is 10.7. The molecule has 0 radical (unpaired) electrons. The highest BCUT2D eigenvalue weighted by Gasteiger charge is 2.28. The third-order valence-corrected chi connectivity index (χ3v) is 2.56. The van der Waals surface area contributed by atoms with Crippen molar-refractivity contribution in [3.8, 4) is 5.75 Å². The van der Waals surface area contributed by atoms with Gasteiger partial charge in [0.1, 0.15) is 5.82 Å². The normalized spacial score (nSPS) is 14.9. The number of halogens is 1. The van der Waals surface area contributed by atoms with Crippen LogP contribution in [0, 0.1) is 5.82 Å². The van der Waals surface area contributed by atoms with Crippen molar-refractivity contribution in [2.45, 2.75) is 0 Å². The molecular formula is C13H10FNO5. The van der Waals surface area contributed by atoms with Gasteiger partial charge in [0.05, 0.1) is 14.2 Å². The molecule has 0 fully saturated rings. The number of carbonyl (C=O) groups excluding carboxylic acids is 2. The third-order valence-electron chi connectivity index (χ3n) is 2.56. The molecule has 0 saturated heterocycles. The Morgan fingerprint density at radius 3 is 2.70 bits per heavy atom. The average molecular weight is 279 g/mol. The van der Waals surface area contributed by atoms with Crippen molar-refractivity contribution < 1.29 is 28.3 Å². The molecule has 0 N–H and O–H groups in total. The van der Waals surface area contributed by atoms with Gasteiger partial charge in [0.2, 0.25) is 0 Å². The Labute approximate surface area is 113 Å². The second-order valence-corrected chi connectivity index (χ2v) is 3.74. The molecule has 1 aliphatic heterocycles. The first-order chi connectivity index (χ1) is 9.56. The Bertz CT molecular complexity index is 636. The molecule has 1 aromatic rings. The summed E-state index contributed by atoms with van der Waals surface area (Å²) >= 11 is 0. The van der Waals surface area contributed by atoms with E-state index in [4.69, 9.17) is 4.84 Å². The van der Waals surface area contributed by atoms with Crippen molar-refractivity contribution in [1.29, 1.82) is 0 Å². The molecule has 0 saturated carbocycles. The van der Waals surface area contributed by atoms with Crippen LogP contribution in [0.4, 0.5) is 4.39 Å². The molecule has 0 aliphatic carbocycles. The van der Waals surface area contributed by atoms with Gasteiger partial charge in [-0.25, -0.2) is 14.0 Å². The highest BCUT2D eigenvalue weighted by Crippen LogP contribution is 2.32. The Morgan fingerprint density at radius 2 is 2.05 bits per heavy atom. The number of nitrogens with zero attached hydrogens (tertiary/aromatic N) is 1. The number of hydrogen-bond acceptors (Lipinski definition) is 6. The molecule has 20 heavy (non-hydrogen) atoms. The maximum Gasteiger partial charge on any atom is 0.360 e. The van der Waals surface area contributed by atoms with Crippen LogP contribution in [0.15, 0.2) is 29.4 Å². The minimum atomic E-state index is -0.810. The summed E-state index contributed by atoms with van der Waals surface area (Å²) in [6.45, 7) is 0. The Kier molecular flexibility index (Phi) is 3.79. The molecule has 0 spiro atoms. The molecule has 0 unspecified atom stereocenters. The average Bonchev–Trinajstić information content (AvgIpc) is 2.46. The van der Waals surface area contributed by atoms with Gasteiger partial charge in [0.15, 0.2) is 11.5 Å². The van der Waals surface area contributed by atoms with Crippen molar-refractivity contribution in [3.05, 3.63) is 35.7 Å². The Hall–Kier alpha value is -2.70. The first-order valence-corrected chi connectivity index (χ1v) is 5.50. The number of esters is 2. The first-order valence-electron chi connectivity index (χ1n) is 5.50. The molecule has 0 atom stereocenters. The molecule has 1 aromatic carbocycles. The molecule has 2 rings (SSSR count). The van der Waals surface area contributed by atoms with Gasteiger partial charge in [-0.05, 0) is 18.2 Å². The summed E-state index contributed by atoms with van der Waals surface area (Å²) in [5.41, 5.74) is 0.0475. The topological polar surface area (TPSA) is 74.2 Å². The Balaban J connectivity index is 2.58. The molecular weight excluding hydrogens is 269 g/mol. The highest BCUT2D eigenvalue weighted by molar-refractivity contribution is 6.55. The van der Waals surface area contributed by atoms with E-state index in [9.17, 15) is 14.0 Å². The highest BCUT2D eigenvalue weighted by atomic mass is 19.1. The van der Waals surface area contributed by atoms with Crippen molar-refractivity contribution in [3.63, 3.8) is 0 Å². The molecule has 0 amide bonds. The molecule has 0 bridgehead atoms. The van der Waals surface area contributed by atoms with Gasteiger partial charge in [-0.15, -0.1) is 0 Å². The van der Waals surface area contributed by atoms with E-state index in [1.807, 2.05) is 0 Å². The van der Waals surface area contributed by atoms with Crippen LogP contribution in [0.1, 0.15) is 5.56 Å². The number of carbonyl (C=O) groups is 2.